The van der Waals surface area contributed by atoms with Crippen molar-refractivity contribution < 1.29 is 18.7 Å². The van der Waals surface area contributed by atoms with Crippen molar-refractivity contribution in [2.45, 2.75) is 6.54 Å². The number of hydrogen-bond donors (Lipinski definition) is 1. The zero-order valence-electron chi connectivity index (χ0n) is 16.1. The number of rotatable bonds is 6. The van der Waals surface area contributed by atoms with Crippen LogP contribution in [0.3, 0.4) is 0 Å². The lowest BCUT2D eigenvalue weighted by molar-refractivity contribution is 0.218. The molecule has 0 atom stereocenters. The number of nitrogens with one attached hydrogen (secondary N) is 1. The van der Waals surface area contributed by atoms with Crippen LogP contribution in [-0.2, 0) is 6.54 Å². The summed E-state index contributed by atoms with van der Waals surface area (Å²) in [6.45, 7) is 1.27. The van der Waals surface area contributed by atoms with E-state index in [1.165, 1.54) is 19.2 Å². The van der Waals surface area contributed by atoms with Gasteiger partial charge in [-0.15, -0.1) is 0 Å². The van der Waals surface area contributed by atoms with Crippen molar-refractivity contribution in [2.75, 3.05) is 32.2 Å². The molecule has 1 aliphatic rings. The van der Waals surface area contributed by atoms with Crippen molar-refractivity contribution in [3.05, 3.63) is 54.2 Å². The minimum Gasteiger partial charge on any atom is -0.497 e. The van der Waals surface area contributed by atoms with Crippen molar-refractivity contribution in [1.29, 1.82) is 0 Å². The number of methoxy groups -OCH3 is 2. The molecule has 1 N–H and O–H groups in total. The third-order valence-electron chi connectivity index (χ3n) is 4.79. The van der Waals surface area contributed by atoms with Crippen LogP contribution in [0, 0.1) is 5.82 Å². The molecule has 3 heterocycles. The van der Waals surface area contributed by atoms with Crippen molar-refractivity contribution in [3.8, 4) is 22.6 Å². The van der Waals surface area contributed by atoms with Gasteiger partial charge in [-0.25, -0.2) is 14.2 Å². The van der Waals surface area contributed by atoms with Gasteiger partial charge in [0.1, 0.15) is 23.1 Å². The number of amides is 2. The van der Waals surface area contributed by atoms with E-state index in [4.69, 9.17) is 9.47 Å². The molecule has 0 radical (unpaired) electrons. The average Bonchev–Trinajstić information content (AvgIpc) is 3.38. The quantitative estimate of drug-likeness (QED) is 0.691. The maximum Gasteiger partial charge on any atom is 0.326 e. The first kappa shape index (κ1) is 18.7. The van der Waals surface area contributed by atoms with Gasteiger partial charge in [-0.2, -0.15) is 5.10 Å². The van der Waals surface area contributed by atoms with Crippen LogP contribution in [-0.4, -0.2) is 53.4 Å². The molecule has 1 aliphatic heterocycles. The highest BCUT2D eigenvalue weighted by atomic mass is 19.1. The van der Waals surface area contributed by atoms with Crippen LogP contribution in [0.2, 0.25) is 0 Å². The van der Waals surface area contributed by atoms with Crippen molar-refractivity contribution in [3.63, 3.8) is 0 Å². The molecule has 2 amide bonds. The SMILES string of the molecule is COc1cc(F)cc(CN2CCN(c3cc(OC)c(-c4cn[nH]c4)cn3)C2=O)c1. The number of urea groups is 1. The largest absolute Gasteiger partial charge is 0.497 e. The number of H-pyrrole nitrogens is 1. The smallest absolute Gasteiger partial charge is 0.326 e. The Morgan fingerprint density at radius 1 is 1.14 bits per heavy atom. The molecule has 1 aromatic carbocycles. The first-order valence-electron chi connectivity index (χ1n) is 9.02. The summed E-state index contributed by atoms with van der Waals surface area (Å²) in [5, 5.41) is 6.70. The molecule has 0 aliphatic carbocycles. The summed E-state index contributed by atoms with van der Waals surface area (Å²) in [5.41, 5.74) is 2.29. The molecule has 3 aromatic rings. The Morgan fingerprint density at radius 3 is 2.72 bits per heavy atom. The summed E-state index contributed by atoms with van der Waals surface area (Å²) in [6.07, 6.45) is 5.08. The van der Waals surface area contributed by atoms with E-state index in [-0.39, 0.29) is 12.6 Å². The highest BCUT2D eigenvalue weighted by Gasteiger charge is 2.31. The van der Waals surface area contributed by atoms with Gasteiger partial charge in [0.2, 0.25) is 0 Å². The summed E-state index contributed by atoms with van der Waals surface area (Å²) >= 11 is 0. The van der Waals surface area contributed by atoms with Gasteiger partial charge < -0.3 is 14.4 Å². The van der Waals surface area contributed by atoms with Crippen molar-refractivity contribution in [1.82, 2.24) is 20.1 Å². The van der Waals surface area contributed by atoms with Gasteiger partial charge in [0.05, 0.1) is 20.4 Å². The number of benzene rings is 1. The summed E-state index contributed by atoms with van der Waals surface area (Å²) in [4.78, 5) is 20.6. The van der Waals surface area contributed by atoms with Gasteiger partial charge in [0.25, 0.3) is 0 Å². The van der Waals surface area contributed by atoms with Gasteiger partial charge in [0.15, 0.2) is 0 Å². The summed E-state index contributed by atoms with van der Waals surface area (Å²) in [5.74, 6) is 1.12. The standard InChI is InChI=1S/C20H20FN5O3/c1-28-16-6-13(5-15(21)7-16)12-25-3-4-26(20(25)27)19-8-18(29-2)17(11-22-19)14-9-23-24-10-14/h5-11H,3-4,12H2,1-2H3,(H,23,24). The van der Waals surface area contributed by atoms with Crippen LogP contribution in [0.25, 0.3) is 11.1 Å². The predicted octanol–water partition coefficient (Wildman–Crippen LogP) is 3.07. The Labute approximate surface area is 166 Å². The number of ether oxygens (including phenoxy) is 2. The fourth-order valence-electron chi connectivity index (χ4n) is 3.35. The van der Waals surface area contributed by atoms with Crippen LogP contribution >= 0.6 is 0 Å². The maximum atomic E-state index is 13.7. The van der Waals surface area contributed by atoms with Crippen LogP contribution in [0.5, 0.6) is 11.5 Å². The Hall–Kier alpha value is -3.62. The lowest BCUT2D eigenvalue weighted by Crippen LogP contribution is -2.32. The first-order valence-corrected chi connectivity index (χ1v) is 9.02. The summed E-state index contributed by atoms with van der Waals surface area (Å²) < 4.78 is 24.3. The highest BCUT2D eigenvalue weighted by molar-refractivity contribution is 5.93. The molecule has 0 spiro atoms. The minimum absolute atomic E-state index is 0.196. The van der Waals surface area contributed by atoms with E-state index in [0.717, 1.165) is 11.1 Å². The molecule has 9 heteroatoms. The molecule has 29 heavy (non-hydrogen) atoms. The van der Waals surface area contributed by atoms with Gasteiger partial charge in [0, 0.05) is 55.3 Å². The topological polar surface area (TPSA) is 83.6 Å². The highest BCUT2D eigenvalue weighted by Crippen LogP contribution is 2.32. The van der Waals surface area contributed by atoms with Gasteiger partial charge in [-0.05, 0) is 17.7 Å². The number of anilines is 1. The van der Waals surface area contributed by atoms with E-state index >= 15 is 0 Å². The van der Waals surface area contributed by atoms with Gasteiger partial charge in [-0.1, -0.05) is 0 Å². The number of halogens is 1. The van der Waals surface area contributed by atoms with Crippen LogP contribution in [0.15, 0.2) is 42.9 Å². The summed E-state index contributed by atoms with van der Waals surface area (Å²) in [6, 6.07) is 5.96. The molecule has 4 rings (SSSR count). The Bertz CT molecular complexity index is 1020. The number of carbonyl (C=O) groups excluding carboxylic acids is 1. The van der Waals surface area contributed by atoms with Crippen LogP contribution < -0.4 is 14.4 Å². The second-order valence-electron chi connectivity index (χ2n) is 6.58. The molecule has 2 aromatic heterocycles. The Kier molecular flexibility index (Phi) is 5.03. The minimum atomic E-state index is -0.399. The average molecular weight is 397 g/mol. The lowest BCUT2D eigenvalue weighted by Gasteiger charge is -2.19. The maximum absolute atomic E-state index is 13.7. The molecular weight excluding hydrogens is 377 g/mol. The van der Waals surface area contributed by atoms with Gasteiger partial charge >= 0.3 is 6.03 Å². The molecular formula is C20H20FN5O3. The van der Waals surface area contributed by atoms with Crippen LogP contribution in [0.1, 0.15) is 5.56 Å². The van der Waals surface area contributed by atoms with E-state index < -0.39 is 5.82 Å². The van der Waals surface area contributed by atoms with E-state index in [0.29, 0.717) is 36.0 Å². The van der Waals surface area contributed by atoms with E-state index in [1.54, 1.807) is 47.6 Å². The number of hydrogen-bond acceptors (Lipinski definition) is 5. The van der Waals surface area contributed by atoms with E-state index in [9.17, 15) is 9.18 Å². The second kappa shape index (κ2) is 7.78. The monoisotopic (exact) mass is 397 g/mol. The second-order valence-corrected chi connectivity index (χ2v) is 6.58. The normalized spacial score (nSPS) is 13.8. The molecule has 1 fully saturated rings. The summed E-state index contributed by atoms with van der Waals surface area (Å²) in [7, 11) is 3.05. The lowest BCUT2D eigenvalue weighted by atomic mass is 10.1. The Balaban J connectivity index is 1.54. The fourth-order valence-corrected chi connectivity index (χ4v) is 3.35. The number of aromatic nitrogens is 3. The third-order valence-corrected chi connectivity index (χ3v) is 4.79. The zero-order chi connectivity index (χ0) is 20.4. The van der Waals surface area contributed by atoms with Crippen molar-refractivity contribution in [2.24, 2.45) is 0 Å². The number of pyridine rings is 1. The zero-order valence-corrected chi connectivity index (χ0v) is 16.1. The first-order chi connectivity index (χ1) is 14.1. The predicted molar refractivity (Wildman–Crippen MR) is 104 cm³/mol. The van der Waals surface area contributed by atoms with E-state index in [1.807, 2.05) is 0 Å². The van der Waals surface area contributed by atoms with E-state index in [2.05, 4.69) is 15.2 Å². The van der Waals surface area contributed by atoms with Crippen LogP contribution in [0.4, 0.5) is 15.0 Å². The third kappa shape index (κ3) is 3.71. The number of carbonyl (C=O) groups is 1. The fraction of sp³-hybridized carbons (Fsp3) is 0.250. The van der Waals surface area contributed by atoms with Crippen molar-refractivity contribution >= 4 is 11.8 Å². The molecule has 1 saturated heterocycles. The van der Waals surface area contributed by atoms with Gasteiger partial charge in [-0.3, -0.25) is 10.00 Å². The number of nitrogens with zero attached hydrogens (tertiary/aromatic N) is 4. The molecule has 0 saturated carbocycles. The molecule has 0 unspecified atom stereocenters. The molecule has 0 bridgehead atoms. The molecule has 150 valence electrons. The Morgan fingerprint density at radius 2 is 2.00 bits per heavy atom. The number of aromatic amines is 1. The molecule has 8 nitrogen and oxygen atoms in total.